The maximum atomic E-state index is 11.3. The standard InChI is InChI=1S/C9H13AsO2/c1-8(10(2,11)12)9-6-4-3-5-7-9/h3-8H,1-2H3,(H,11,12). The predicted octanol–water partition coefficient (Wildman–Crippen LogP) is 1.82. The molecule has 0 fully saturated rings. The first kappa shape index (κ1) is 9.63. The van der Waals surface area contributed by atoms with Crippen LogP contribution in [0, 0.1) is 0 Å². The van der Waals surface area contributed by atoms with Gasteiger partial charge in [-0.25, -0.2) is 0 Å². The van der Waals surface area contributed by atoms with Crippen molar-refractivity contribution in [3.8, 4) is 0 Å². The Bertz CT molecular complexity index is 289. The van der Waals surface area contributed by atoms with Crippen LogP contribution < -0.4 is 0 Å². The normalized spacial score (nSPS) is 18.2. The third-order valence-electron chi connectivity index (χ3n) is 2.00. The van der Waals surface area contributed by atoms with E-state index in [0.717, 1.165) is 5.56 Å². The third kappa shape index (κ3) is 2.26. The second kappa shape index (κ2) is 3.51. The molecule has 1 N–H and O–H groups in total. The van der Waals surface area contributed by atoms with E-state index in [4.69, 9.17) is 0 Å². The summed E-state index contributed by atoms with van der Waals surface area (Å²) in [6.45, 7) is 1.80. The molecule has 0 amide bonds. The van der Waals surface area contributed by atoms with Crippen molar-refractivity contribution < 1.29 is 7.84 Å². The summed E-state index contributed by atoms with van der Waals surface area (Å²) in [5, 5.41) is 0. The monoisotopic (exact) mass is 228 g/mol. The van der Waals surface area contributed by atoms with Crippen molar-refractivity contribution in [2.24, 2.45) is 0 Å². The summed E-state index contributed by atoms with van der Waals surface area (Å²) in [6.07, 6.45) is 0. The van der Waals surface area contributed by atoms with Crippen LogP contribution in [0.2, 0.25) is 5.71 Å². The molecule has 0 aliphatic rings. The molecule has 0 aliphatic heterocycles. The summed E-state index contributed by atoms with van der Waals surface area (Å²) < 4.78 is 20.5. The molecule has 12 heavy (non-hydrogen) atoms. The first-order chi connectivity index (χ1) is 5.52. The van der Waals surface area contributed by atoms with Crippen LogP contribution in [0.15, 0.2) is 30.3 Å². The molecule has 1 aromatic rings. The number of hydrogen-bond acceptors (Lipinski definition) is 1. The molecular formula is C9H13AsO2. The number of hydrogen-bond donors (Lipinski definition) is 1. The van der Waals surface area contributed by atoms with Crippen molar-refractivity contribution in [3.63, 3.8) is 0 Å². The zero-order valence-electron chi connectivity index (χ0n) is 7.27. The Labute approximate surface area is 75.3 Å². The van der Waals surface area contributed by atoms with Gasteiger partial charge in [-0.05, 0) is 0 Å². The van der Waals surface area contributed by atoms with Crippen molar-refractivity contribution in [3.05, 3.63) is 35.9 Å². The van der Waals surface area contributed by atoms with Gasteiger partial charge in [-0.15, -0.1) is 0 Å². The van der Waals surface area contributed by atoms with Crippen molar-refractivity contribution >= 4 is 13.8 Å². The topological polar surface area (TPSA) is 37.3 Å². The van der Waals surface area contributed by atoms with Crippen LogP contribution in [-0.2, 0) is 3.74 Å². The zero-order chi connectivity index (χ0) is 9.19. The fraction of sp³-hybridized carbons (Fsp3) is 0.333. The van der Waals surface area contributed by atoms with Crippen LogP contribution in [0.1, 0.15) is 17.2 Å². The van der Waals surface area contributed by atoms with Gasteiger partial charge < -0.3 is 0 Å². The van der Waals surface area contributed by atoms with E-state index < -0.39 is 13.8 Å². The first-order valence-corrected chi connectivity index (χ1v) is 8.43. The van der Waals surface area contributed by atoms with E-state index in [1.807, 2.05) is 30.3 Å². The van der Waals surface area contributed by atoms with Gasteiger partial charge in [0.05, 0.1) is 0 Å². The van der Waals surface area contributed by atoms with Crippen LogP contribution in [-0.4, -0.2) is 17.9 Å². The Morgan fingerprint density at radius 1 is 1.33 bits per heavy atom. The van der Waals surface area contributed by atoms with Gasteiger partial charge >= 0.3 is 74.9 Å². The minimum absolute atomic E-state index is 0.204. The molecule has 2 nitrogen and oxygen atoms in total. The molecule has 66 valence electrons. The first-order valence-electron chi connectivity index (χ1n) is 3.86. The molecular weight excluding hydrogens is 215 g/mol. The molecule has 0 radical (unpaired) electrons. The molecule has 0 bridgehead atoms. The molecule has 1 rings (SSSR count). The van der Waals surface area contributed by atoms with E-state index in [0.29, 0.717) is 0 Å². The molecule has 0 aromatic heterocycles. The minimum atomic E-state index is -3.58. The molecule has 2 unspecified atom stereocenters. The third-order valence-corrected chi connectivity index (χ3v) is 5.64. The second-order valence-corrected chi connectivity index (χ2v) is 8.61. The number of benzene rings is 1. The SMILES string of the molecule is CC(c1ccccc1)[As](C)(=O)O. The van der Waals surface area contributed by atoms with Gasteiger partial charge in [-0.1, -0.05) is 0 Å². The fourth-order valence-electron chi connectivity index (χ4n) is 1.01. The Kier molecular flexibility index (Phi) is 2.81. The van der Waals surface area contributed by atoms with E-state index in [2.05, 4.69) is 0 Å². The summed E-state index contributed by atoms with van der Waals surface area (Å²) in [7, 11) is 0. The summed E-state index contributed by atoms with van der Waals surface area (Å²) in [4.78, 5) is 0. The van der Waals surface area contributed by atoms with E-state index in [9.17, 15) is 7.84 Å². The summed E-state index contributed by atoms with van der Waals surface area (Å²) in [6, 6.07) is 9.45. The molecule has 0 aliphatic carbocycles. The van der Waals surface area contributed by atoms with Gasteiger partial charge in [0.1, 0.15) is 0 Å². The van der Waals surface area contributed by atoms with Gasteiger partial charge in [0.15, 0.2) is 0 Å². The van der Waals surface area contributed by atoms with Crippen molar-refractivity contribution in [2.45, 2.75) is 17.3 Å². The quantitative estimate of drug-likeness (QED) is 0.784. The molecule has 0 saturated carbocycles. The Balaban J connectivity index is 2.94. The van der Waals surface area contributed by atoms with Crippen molar-refractivity contribution in [1.29, 1.82) is 0 Å². The molecule has 0 heterocycles. The summed E-state index contributed by atoms with van der Waals surface area (Å²) in [5.41, 5.74) is 2.40. The van der Waals surface area contributed by atoms with Gasteiger partial charge in [0, 0.05) is 0 Å². The van der Waals surface area contributed by atoms with E-state index in [-0.39, 0.29) is 4.71 Å². The summed E-state index contributed by atoms with van der Waals surface area (Å²) in [5.74, 6) is 0. The predicted molar refractivity (Wildman–Crippen MR) is 49.4 cm³/mol. The van der Waals surface area contributed by atoms with Gasteiger partial charge in [0.2, 0.25) is 0 Å². The maximum absolute atomic E-state index is 11.3. The van der Waals surface area contributed by atoms with Crippen LogP contribution in [0.4, 0.5) is 0 Å². The Hall–Kier alpha value is -0.462. The van der Waals surface area contributed by atoms with Crippen LogP contribution in [0.3, 0.4) is 0 Å². The van der Waals surface area contributed by atoms with E-state index >= 15 is 0 Å². The van der Waals surface area contributed by atoms with Crippen LogP contribution >= 0.6 is 0 Å². The average Bonchev–Trinajstić information content (AvgIpc) is 2.03. The second-order valence-electron chi connectivity index (χ2n) is 3.03. The van der Waals surface area contributed by atoms with E-state index in [1.165, 1.54) is 5.71 Å². The molecule has 0 spiro atoms. The van der Waals surface area contributed by atoms with Crippen molar-refractivity contribution in [1.82, 2.24) is 0 Å². The van der Waals surface area contributed by atoms with Crippen LogP contribution in [0.5, 0.6) is 0 Å². The molecule has 0 saturated heterocycles. The molecule has 2 atom stereocenters. The summed E-state index contributed by atoms with van der Waals surface area (Å²) >= 11 is -3.58. The zero-order valence-corrected chi connectivity index (χ0v) is 9.14. The van der Waals surface area contributed by atoms with E-state index in [1.54, 1.807) is 6.92 Å². The molecule has 3 heteroatoms. The average molecular weight is 228 g/mol. The van der Waals surface area contributed by atoms with Gasteiger partial charge in [0.25, 0.3) is 0 Å². The Morgan fingerprint density at radius 3 is 2.25 bits per heavy atom. The van der Waals surface area contributed by atoms with Crippen molar-refractivity contribution in [2.75, 3.05) is 0 Å². The van der Waals surface area contributed by atoms with Gasteiger partial charge in [-0.3, -0.25) is 0 Å². The fourth-order valence-corrected chi connectivity index (χ4v) is 2.53. The van der Waals surface area contributed by atoms with Crippen LogP contribution in [0.25, 0.3) is 0 Å². The molecule has 1 aromatic carbocycles. The van der Waals surface area contributed by atoms with Gasteiger partial charge in [-0.2, -0.15) is 0 Å². The number of rotatable bonds is 2. The Morgan fingerprint density at radius 2 is 1.83 bits per heavy atom.